The Bertz CT molecular complexity index is 1710. The number of urea groups is 1. The van der Waals surface area contributed by atoms with Crippen LogP contribution in [0.25, 0.3) is 33.3 Å². The molecule has 6 heteroatoms. The number of amides is 2. The highest BCUT2D eigenvalue weighted by Gasteiger charge is 2.12. The third-order valence-corrected chi connectivity index (χ3v) is 6.18. The zero-order valence-electron chi connectivity index (χ0n) is 20.4. The van der Waals surface area contributed by atoms with Crippen molar-refractivity contribution in [1.29, 1.82) is 0 Å². The van der Waals surface area contributed by atoms with Gasteiger partial charge in [-0.25, -0.2) is 9.78 Å². The molecule has 3 N–H and O–H groups in total. The Hall–Kier alpha value is -5.36. The number of benzene rings is 4. The number of hydrogen-bond acceptors (Lipinski definition) is 3. The van der Waals surface area contributed by atoms with Crippen LogP contribution in [-0.2, 0) is 0 Å². The van der Waals surface area contributed by atoms with Gasteiger partial charge in [-0.05, 0) is 53.6 Å². The maximum Gasteiger partial charge on any atom is 0.323 e. The maximum absolute atomic E-state index is 12.9. The van der Waals surface area contributed by atoms with Gasteiger partial charge in [0.15, 0.2) is 5.75 Å². The molecule has 4 aromatic carbocycles. The van der Waals surface area contributed by atoms with Gasteiger partial charge in [-0.3, -0.25) is 0 Å². The van der Waals surface area contributed by atoms with Crippen molar-refractivity contribution in [2.24, 2.45) is 0 Å². The fraction of sp³-hybridized carbons (Fsp3) is 0. The minimum absolute atomic E-state index is 0.363. The van der Waals surface area contributed by atoms with Gasteiger partial charge in [-0.15, -0.1) is 0 Å². The van der Waals surface area contributed by atoms with Crippen molar-refractivity contribution in [3.63, 3.8) is 0 Å². The second kappa shape index (κ2) is 10.3. The lowest BCUT2D eigenvalue weighted by atomic mass is 10.0. The normalized spacial score (nSPS) is 10.7. The van der Waals surface area contributed by atoms with Gasteiger partial charge in [-0.2, -0.15) is 0 Å². The van der Waals surface area contributed by atoms with Gasteiger partial charge in [0.25, 0.3) is 0 Å². The fourth-order valence-corrected chi connectivity index (χ4v) is 4.35. The first-order chi connectivity index (χ1) is 18.7. The Kier molecular flexibility index (Phi) is 6.27. The highest BCUT2D eigenvalue weighted by atomic mass is 16.5. The van der Waals surface area contributed by atoms with Crippen LogP contribution in [0.3, 0.4) is 0 Å². The van der Waals surface area contributed by atoms with E-state index in [-0.39, 0.29) is 6.03 Å². The molecule has 0 spiro atoms. The van der Waals surface area contributed by atoms with Crippen LogP contribution in [0.15, 0.2) is 128 Å². The van der Waals surface area contributed by atoms with E-state index >= 15 is 0 Å². The predicted molar refractivity (Wildman–Crippen MR) is 153 cm³/mol. The number of ether oxygens (including phenoxy) is 1. The van der Waals surface area contributed by atoms with Crippen LogP contribution in [-0.4, -0.2) is 16.0 Å². The van der Waals surface area contributed by atoms with E-state index in [1.54, 1.807) is 6.07 Å². The molecule has 0 fully saturated rings. The summed E-state index contributed by atoms with van der Waals surface area (Å²) in [7, 11) is 0. The lowest BCUT2D eigenvalue weighted by molar-refractivity contribution is 0.262. The van der Waals surface area contributed by atoms with Crippen molar-refractivity contribution in [1.82, 2.24) is 9.97 Å². The van der Waals surface area contributed by atoms with Crippen LogP contribution >= 0.6 is 0 Å². The van der Waals surface area contributed by atoms with Gasteiger partial charge < -0.3 is 20.4 Å². The summed E-state index contributed by atoms with van der Waals surface area (Å²) in [5, 5.41) is 6.85. The first-order valence-electron chi connectivity index (χ1n) is 12.3. The standard InChI is InChI=1S/C32H24N4O2/c37-32(36-29-16-7-8-17-30(29)38-26-14-5-2-6-15-26)35-25-13-9-12-23(18-25)28-21-34-31-27(28)19-24(20-33-31)22-10-3-1-4-11-22/h1-21H,(H,33,34)(H2,35,36,37). The third-order valence-electron chi connectivity index (χ3n) is 6.18. The summed E-state index contributed by atoms with van der Waals surface area (Å²) in [6.45, 7) is 0. The number of nitrogens with one attached hydrogen (secondary N) is 3. The van der Waals surface area contributed by atoms with Gasteiger partial charge in [0.2, 0.25) is 0 Å². The van der Waals surface area contributed by atoms with E-state index in [9.17, 15) is 4.79 Å². The zero-order valence-corrected chi connectivity index (χ0v) is 20.4. The quantitative estimate of drug-likeness (QED) is 0.217. The van der Waals surface area contributed by atoms with Crippen molar-refractivity contribution < 1.29 is 9.53 Å². The van der Waals surface area contributed by atoms with E-state index in [0.29, 0.717) is 22.9 Å². The largest absolute Gasteiger partial charge is 0.455 e. The smallest absolute Gasteiger partial charge is 0.323 e. The lowest BCUT2D eigenvalue weighted by Crippen LogP contribution is -2.19. The van der Waals surface area contributed by atoms with E-state index in [1.807, 2.05) is 103 Å². The Morgan fingerprint density at radius 3 is 2.29 bits per heavy atom. The SMILES string of the molecule is O=C(Nc1cccc(-c2c[nH]c3ncc(-c4ccccc4)cc23)c1)Nc1ccccc1Oc1ccccc1. The van der Waals surface area contributed by atoms with Gasteiger partial charge in [0, 0.05) is 34.6 Å². The number of carbonyl (C=O) groups is 1. The molecule has 2 amide bonds. The van der Waals surface area contributed by atoms with E-state index in [2.05, 4.69) is 38.8 Å². The monoisotopic (exact) mass is 496 g/mol. The van der Waals surface area contributed by atoms with Gasteiger partial charge >= 0.3 is 6.03 Å². The summed E-state index contributed by atoms with van der Waals surface area (Å²) in [5.41, 5.74) is 6.18. The van der Waals surface area contributed by atoms with E-state index in [0.717, 1.165) is 33.3 Å². The number of pyridine rings is 1. The molecule has 0 saturated heterocycles. The first-order valence-corrected chi connectivity index (χ1v) is 12.3. The number of H-pyrrole nitrogens is 1. The Morgan fingerprint density at radius 2 is 1.45 bits per heavy atom. The molecule has 6 nitrogen and oxygen atoms in total. The van der Waals surface area contributed by atoms with Crippen molar-refractivity contribution in [2.75, 3.05) is 10.6 Å². The molecule has 0 atom stereocenters. The second-order valence-corrected chi connectivity index (χ2v) is 8.76. The summed E-state index contributed by atoms with van der Waals surface area (Å²) in [6, 6.07) is 36.5. The molecule has 0 unspecified atom stereocenters. The lowest BCUT2D eigenvalue weighted by Gasteiger charge is -2.13. The number of aromatic nitrogens is 2. The van der Waals surface area contributed by atoms with E-state index in [1.165, 1.54) is 0 Å². The molecular formula is C32H24N4O2. The zero-order chi connectivity index (χ0) is 25.7. The van der Waals surface area contributed by atoms with Crippen molar-refractivity contribution in [3.05, 3.63) is 128 Å². The fourth-order valence-electron chi connectivity index (χ4n) is 4.35. The molecule has 0 aliphatic heterocycles. The van der Waals surface area contributed by atoms with Crippen molar-refractivity contribution >= 4 is 28.4 Å². The molecule has 6 aromatic rings. The number of carbonyl (C=O) groups excluding carboxylic acids is 1. The molecule has 0 radical (unpaired) electrons. The number of nitrogens with zero attached hydrogens (tertiary/aromatic N) is 1. The molecule has 2 heterocycles. The first kappa shape index (κ1) is 23.1. The third kappa shape index (κ3) is 4.96. The average Bonchev–Trinajstić information content (AvgIpc) is 3.39. The van der Waals surface area contributed by atoms with Crippen LogP contribution < -0.4 is 15.4 Å². The van der Waals surface area contributed by atoms with E-state index in [4.69, 9.17) is 4.74 Å². The number of hydrogen-bond donors (Lipinski definition) is 3. The highest BCUT2D eigenvalue weighted by Crippen LogP contribution is 2.33. The molecule has 184 valence electrons. The van der Waals surface area contributed by atoms with Crippen LogP contribution in [0.5, 0.6) is 11.5 Å². The highest BCUT2D eigenvalue weighted by molar-refractivity contribution is 6.02. The van der Waals surface area contributed by atoms with Gasteiger partial charge in [-0.1, -0.05) is 72.8 Å². The van der Waals surface area contributed by atoms with Crippen LogP contribution in [0, 0.1) is 0 Å². The number of aromatic amines is 1. The maximum atomic E-state index is 12.9. The number of para-hydroxylation sites is 3. The van der Waals surface area contributed by atoms with Crippen LogP contribution in [0.1, 0.15) is 0 Å². The Labute approximate surface area is 220 Å². The Balaban J connectivity index is 1.22. The molecule has 6 rings (SSSR count). The van der Waals surface area contributed by atoms with Crippen LogP contribution in [0.2, 0.25) is 0 Å². The van der Waals surface area contributed by atoms with E-state index < -0.39 is 0 Å². The molecule has 0 bridgehead atoms. The minimum Gasteiger partial charge on any atom is -0.455 e. The van der Waals surface area contributed by atoms with Gasteiger partial charge in [0.05, 0.1) is 5.69 Å². The summed E-state index contributed by atoms with van der Waals surface area (Å²) < 4.78 is 5.96. The van der Waals surface area contributed by atoms with Crippen molar-refractivity contribution in [3.8, 4) is 33.8 Å². The molecule has 0 aliphatic carbocycles. The summed E-state index contributed by atoms with van der Waals surface area (Å²) in [5.74, 6) is 1.25. The predicted octanol–water partition coefficient (Wildman–Crippen LogP) is 8.33. The molecule has 2 aromatic heterocycles. The Morgan fingerprint density at radius 1 is 0.711 bits per heavy atom. The summed E-state index contributed by atoms with van der Waals surface area (Å²) in [4.78, 5) is 20.8. The summed E-state index contributed by atoms with van der Waals surface area (Å²) in [6.07, 6.45) is 3.82. The van der Waals surface area contributed by atoms with Gasteiger partial charge in [0.1, 0.15) is 11.4 Å². The topological polar surface area (TPSA) is 79.0 Å². The molecule has 38 heavy (non-hydrogen) atoms. The van der Waals surface area contributed by atoms with Crippen molar-refractivity contribution in [2.45, 2.75) is 0 Å². The molecular weight excluding hydrogens is 472 g/mol. The number of rotatable bonds is 6. The minimum atomic E-state index is -0.363. The number of fused-ring (bicyclic) bond motifs is 1. The van der Waals surface area contributed by atoms with Crippen LogP contribution in [0.4, 0.5) is 16.2 Å². The number of anilines is 2. The molecule has 0 saturated carbocycles. The molecule has 0 aliphatic rings. The summed E-state index contributed by atoms with van der Waals surface area (Å²) >= 11 is 0. The second-order valence-electron chi connectivity index (χ2n) is 8.76. The average molecular weight is 497 g/mol.